The predicted molar refractivity (Wildman–Crippen MR) is 81.0 cm³/mol. The number of hydrogen-bond donors (Lipinski definition) is 0. The highest BCUT2D eigenvalue weighted by Crippen LogP contribution is 2.10. The standard InChI is InChI=1S/C10H10.C7H7N/c1-3-9-7-5-6-8-10(9)4-2;1-2-7-3-5-8-6-4-7/h3-8H,1-2H2;2-6H,1H2. The van der Waals surface area contributed by atoms with Crippen LogP contribution in [0.15, 0.2) is 68.5 Å². The molecule has 18 heavy (non-hydrogen) atoms. The third kappa shape index (κ3) is 4.22. The fourth-order valence-corrected chi connectivity index (χ4v) is 1.38. The molecule has 0 saturated heterocycles. The number of rotatable bonds is 3. The van der Waals surface area contributed by atoms with Crippen molar-refractivity contribution in [2.45, 2.75) is 0 Å². The van der Waals surface area contributed by atoms with E-state index in [1.54, 1.807) is 18.5 Å². The molecule has 0 atom stereocenters. The van der Waals surface area contributed by atoms with Crippen LogP contribution in [-0.4, -0.2) is 4.98 Å². The van der Waals surface area contributed by atoms with Gasteiger partial charge in [-0.15, -0.1) is 0 Å². The van der Waals surface area contributed by atoms with Crippen molar-refractivity contribution < 1.29 is 0 Å². The Labute approximate surface area is 109 Å². The molecule has 0 N–H and O–H groups in total. The highest BCUT2D eigenvalue weighted by Gasteiger charge is 1.89. The van der Waals surface area contributed by atoms with Crippen LogP contribution >= 0.6 is 0 Å². The predicted octanol–water partition coefficient (Wildman–Crippen LogP) is 4.70. The molecule has 0 fully saturated rings. The van der Waals surface area contributed by atoms with Gasteiger partial charge in [-0.05, 0) is 28.8 Å². The molecule has 1 heteroatoms. The average molecular weight is 235 g/mol. The van der Waals surface area contributed by atoms with Crippen molar-refractivity contribution in [3.8, 4) is 0 Å². The topological polar surface area (TPSA) is 12.9 Å². The van der Waals surface area contributed by atoms with E-state index in [1.807, 2.05) is 48.6 Å². The minimum absolute atomic E-state index is 1.11. The first kappa shape index (κ1) is 13.7. The number of pyridine rings is 1. The molecule has 2 aromatic rings. The van der Waals surface area contributed by atoms with E-state index < -0.39 is 0 Å². The summed E-state index contributed by atoms with van der Waals surface area (Å²) in [5.74, 6) is 0. The van der Waals surface area contributed by atoms with E-state index in [4.69, 9.17) is 0 Å². The fraction of sp³-hybridized carbons (Fsp3) is 0. The normalized spacial score (nSPS) is 8.67. The summed E-state index contributed by atoms with van der Waals surface area (Å²) in [5.41, 5.74) is 3.38. The van der Waals surface area contributed by atoms with Crippen LogP contribution in [0.1, 0.15) is 16.7 Å². The SMILES string of the molecule is C=Cc1ccccc1C=C.C=Cc1ccncc1. The first-order chi connectivity index (χ1) is 8.81. The van der Waals surface area contributed by atoms with Gasteiger partial charge in [0.15, 0.2) is 0 Å². The molecule has 0 unspecified atom stereocenters. The minimum atomic E-state index is 1.11. The Balaban J connectivity index is 0.000000184. The van der Waals surface area contributed by atoms with Gasteiger partial charge < -0.3 is 0 Å². The van der Waals surface area contributed by atoms with Crippen molar-refractivity contribution in [1.29, 1.82) is 0 Å². The highest BCUT2D eigenvalue weighted by atomic mass is 14.6. The lowest BCUT2D eigenvalue weighted by Gasteiger charge is -1.96. The Morgan fingerprint density at radius 3 is 1.56 bits per heavy atom. The van der Waals surface area contributed by atoms with E-state index in [-0.39, 0.29) is 0 Å². The average Bonchev–Trinajstić information content (AvgIpc) is 2.48. The molecule has 1 nitrogen and oxygen atoms in total. The van der Waals surface area contributed by atoms with Crippen LogP contribution in [-0.2, 0) is 0 Å². The Hall–Kier alpha value is -2.41. The van der Waals surface area contributed by atoms with Crippen LogP contribution in [0.2, 0.25) is 0 Å². The quantitative estimate of drug-likeness (QED) is 0.751. The summed E-state index contributed by atoms with van der Waals surface area (Å²) in [4.78, 5) is 3.85. The van der Waals surface area contributed by atoms with E-state index in [9.17, 15) is 0 Å². The fourth-order valence-electron chi connectivity index (χ4n) is 1.38. The third-order valence-electron chi connectivity index (χ3n) is 2.38. The Morgan fingerprint density at radius 1 is 0.722 bits per heavy atom. The molecule has 0 amide bonds. The Kier molecular flexibility index (Phi) is 5.91. The summed E-state index contributed by atoms with van der Waals surface area (Å²) in [6, 6.07) is 11.8. The zero-order valence-electron chi connectivity index (χ0n) is 10.4. The second kappa shape index (κ2) is 7.80. The van der Waals surface area contributed by atoms with Crippen molar-refractivity contribution in [2.24, 2.45) is 0 Å². The number of aromatic nitrogens is 1. The molecule has 0 spiro atoms. The Bertz CT molecular complexity index is 485. The molecule has 1 aromatic heterocycles. The van der Waals surface area contributed by atoms with Crippen molar-refractivity contribution in [3.63, 3.8) is 0 Å². The van der Waals surface area contributed by atoms with Gasteiger partial charge in [0, 0.05) is 12.4 Å². The maximum absolute atomic E-state index is 3.85. The number of nitrogens with zero attached hydrogens (tertiary/aromatic N) is 1. The van der Waals surface area contributed by atoms with Gasteiger partial charge in [-0.3, -0.25) is 4.98 Å². The summed E-state index contributed by atoms with van der Waals surface area (Å²) in [6.45, 7) is 11.0. The number of hydrogen-bond acceptors (Lipinski definition) is 1. The molecule has 0 saturated carbocycles. The summed E-state index contributed by atoms with van der Waals surface area (Å²) in [6.07, 6.45) is 8.95. The third-order valence-corrected chi connectivity index (χ3v) is 2.38. The van der Waals surface area contributed by atoms with Crippen LogP contribution in [0.25, 0.3) is 18.2 Å². The van der Waals surface area contributed by atoms with Crippen LogP contribution in [0.3, 0.4) is 0 Å². The molecular formula is C17H17N. The van der Waals surface area contributed by atoms with E-state index >= 15 is 0 Å². The molecule has 0 aliphatic heterocycles. The maximum atomic E-state index is 3.85. The zero-order chi connectivity index (χ0) is 13.2. The Morgan fingerprint density at radius 2 is 1.22 bits per heavy atom. The monoisotopic (exact) mass is 235 g/mol. The van der Waals surface area contributed by atoms with Crippen molar-refractivity contribution in [3.05, 3.63) is 85.2 Å². The summed E-state index contributed by atoms with van der Waals surface area (Å²) in [7, 11) is 0. The largest absolute Gasteiger partial charge is 0.265 e. The molecule has 2 rings (SSSR count). The molecular weight excluding hydrogens is 218 g/mol. The molecule has 0 radical (unpaired) electrons. The van der Waals surface area contributed by atoms with Gasteiger partial charge in [-0.1, -0.05) is 62.2 Å². The molecule has 1 heterocycles. The van der Waals surface area contributed by atoms with Crippen molar-refractivity contribution in [2.75, 3.05) is 0 Å². The lowest BCUT2D eigenvalue weighted by Crippen LogP contribution is -1.76. The van der Waals surface area contributed by atoms with Gasteiger partial charge in [0.25, 0.3) is 0 Å². The molecule has 1 aromatic carbocycles. The van der Waals surface area contributed by atoms with Crippen LogP contribution in [0.4, 0.5) is 0 Å². The summed E-state index contributed by atoms with van der Waals surface area (Å²) >= 11 is 0. The van der Waals surface area contributed by atoms with Gasteiger partial charge in [-0.2, -0.15) is 0 Å². The number of benzene rings is 1. The second-order valence-corrected chi connectivity index (χ2v) is 3.52. The zero-order valence-corrected chi connectivity index (χ0v) is 10.4. The summed E-state index contributed by atoms with van der Waals surface area (Å²) in [5, 5.41) is 0. The highest BCUT2D eigenvalue weighted by molar-refractivity contribution is 5.63. The van der Waals surface area contributed by atoms with Gasteiger partial charge in [0.05, 0.1) is 0 Å². The van der Waals surface area contributed by atoms with E-state index in [0.717, 1.165) is 16.7 Å². The van der Waals surface area contributed by atoms with Gasteiger partial charge >= 0.3 is 0 Å². The molecule has 90 valence electrons. The van der Waals surface area contributed by atoms with Crippen LogP contribution < -0.4 is 0 Å². The van der Waals surface area contributed by atoms with E-state index in [0.29, 0.717) is 0 Å². The van der Waals surface area contributed by atoms with Crippen molar-refractivity contribution in [1.82, 2.24) is 4.98 Å². The van der Waals surface area contributed by atoms with Crippen LogP contribution in [0.5, 0.6) is 0 Å². The minimum Gasteiger partial charge on any atom is -0.265 e. The van der Waals surface area contributed by atoms with Crippen LogP contribution in [0, 0.1) is 0 Å². The van der Waals surface area contributed by atoms with E-state index in [1.165, 1.54) is 0 Å². The maximum Gasteiger partial charge on any atom is 0.0273 e. The van der Waals surface area contributed by atoms with Crippen molar-refractivity contribution >= 4 is 18.2 Å². The van der Waals surface area contributed by atoms with Gasteiger partial charge in [0.2, 0.25) is 0 Å². The molecule has 0 aliphatic carbocycles. The van der Waals surface area contributed by atoms with Gasteiger partial charge in [-0.25, -0.2) is 0 Å². The first-order valence-corrected chi connectivity index (χ1v) is 5.68. The van der Waals surface area contributed by atoms with E-state index in [2.05, 4.69) is 24.7 Å². The second-order valence-electron chi connectivity index (χ2n) is 3.52. The summed E-state index contributed by atoms with van der Waals surface area (Å²) < 4.78 is 0. The molecule has 0 bridgehead atoms. The van der Waals surface area contributed by atoms with Gasteiger partial charge in [0.1, 0.15) is 0 Å². The lowest BCUT2D eigenvalue weighted by molar-refractivity contribution is 1.32. The lowest BCUT2D eigenvalue weighted by atomic mass is 10.1. The molecule has 0 aliphatic rings. The smallest absolute Gasteiger partial charge is 0.0273 e. The first-order valence-electron chi connectivity index (χ1n) is 5.68.